The number of methoxy groups -OCH3 is 2. The molecule has 0 radical (unpaired) electrons. The lowest BCUT2D eigenvalue weighted by Crippen LogP contribution is -2.41. The van der Waals surface area contributed by atoms with E-state index in [-0.39, 0.29) is 12.4 Å². The Morgan fingerprint density at radius 3 is 2.53 bits per heavy atom. The topological polar surface area (TPSA) is 90.9 Å². The molecule has 1 saturated heterocycles. The van der Waals surface area contributed by atoms with Gasteiger partial charge in [-0.3, -0.25) is 8.98 Å². The van der Waals surface area contributed by atoms with E-state index >= 15 is 0 Å². The van der Waals surface area contributed by atoms with Gasteiger partial charge in [0.1, 0.15) is 11.5 Å². The molecule has 34 heavy (non-hydrogen) atoms. The van der Waals surface area contributed by atoms with Crippen LogP contribution in [0.1, 0.15) is 41.6 Å². The number of hydrogen-bond donors (Lipinski definition) is 1. The second-order valence-electron chi connectivity index (χ2n) is 8.43. The van der Waals surface area contributed by atoms with E-state index in [0.717, 1.165) is 18.2 Å². The van der Waals surface area contributed by atoms with Crippen LogP contribution in [0.4, 0.5) is 0 Å². The summed E-state index contributed by atoms with van der Waals surface area (Å²) < 4.78 is 39.0. The van der Waals surface area contributed by atoms with Crippen LogP contribution < -0.4 is 14.8 Å². The average molecular weight is 530 g/mol. The minimum Gasteiger partial charge on any atom is -0.497 e. The zero-order valence-corrected chi connectivity index (χ0v) is 21.7. The minimum absolute atomic E-state index is 0.00809. The first-order valence-electron chi connectivity index (χ1n) is 10.9. The Kier molecular flexibility index (Phi) is 8.87. The number of halogens is 2. The van der Waals surface area contributed by atoms with Crippen LogP contribution in [0.5, 0.6) is 11.5 Å². The van der Waals surface area contributed by atoms with E-state index in [0.29, 0.717) is 52.9 Å². The van der Waals surface area contributed by atoms with E-state index in [4.69, 9.17) is 36.9 Å². The standard InChI is InChI=1S/C24H29Cl2NO6S/c1-31-17-6-7-18(22(14-17)32-2)23(28)21-15-24(9-4-11-27-21,10-12-33-34(3,29)30)16-5-8-19(25)20(26)13-16/h5-8,13-14,21,27H,4,9-12,15H2,1-3H3. The molecule has 2 unspecified atom stereocenters. The van der Waals surface area contributed by atoms with Crippen LogP contribution in [-0.2, 0) is 19.7 Å². The number of ether oxygens (including phenoxy) is 2. The van der Waals surface area contributed by atoms with Crippen LogP contribution in [-0.4, -0.2) is 53.9 Å². The maximum atomic E-state index is 13.6. The molecule has 0 aliphatic carbocycles. The predicted molar refractivity (Wildman–Crippen MR) is 133 cm³/mol. The highest BCUT2D eigenvalue weighted by atomic mass is 35.5. The van der Waals surface area contributed by atoms with Crippen molar-refractivity contribution in [3.8, 4) is 11.5 Å². The normalized spacial score (nSPS) is 21.0. The van der Waals surface area contributed by atoms with E-state index in [1.165, 1.54) is 7.11 Å². The Morgan fingerprint density at radius 1 is 1.12 bits per heavy atom. The Balaban J connectivity index is 1.99. The van der Waals surface area contributed by atoms with Crippen molar-refractivity contribution < 1.29 is 26.9 Å². The van der Waals surface area contributed by atoms with Crippen molar-refractivity contribution >= 4 is 39.1 Å². The Bertz CT molecular complexity index is 1140. The van der Waals surface area contributed by atoms with Gasteiger partial charge in [0.15, 0.2) is 5.78 Å². The molecule has 1 aliphatic heterocycles. The van der Waals surface area contributed by atoms with Gasteiger partial charge < -0.3 is 14.8 Å². The fourth-order valence-corrected chi connectivity index (χ4v) is 5.18. The van der Waals surface area contributed by atoms with Crippen LogP contribution in [0.15, 0.2) is 36.4 Å². The van der Waals surface area contributed by atoms with Gasteiger partial charge in [0.05, 0.1) is 48.7 Å². The molecule has 0 amide bonds. The molecule has 2 aromatic rings. The van der Waals surface area contributed by atoms with E-state index in [9.17, 15) is 13.2 Å². The molecule has 0 saturated carbocycles. The highest BCUT2D eigenvalue weighted by molar-refractivity contribution is 7.85. The summed E-state index contributed by atoms with van der Waals surface area (Å²) in [7, 11) is -0.547. The molecule has 1 N–H and O–H groups in total. The maximum Gasteiger partial charge on any atom is 0.264 e. The number of hydrogen-bond acceptors (Lipinski definition) is 7. The zero-order valence-electron chi connectivity index (χ0n) is 19.4. The predicted octanol–water partition coefficient (Wildman–Crippen LogP) is 4.64. The van der Waals surface area contributed by atoms with Crippen molar-refractivity contribution in [1.82, 2.24) is 5.32 Å². The van der Waals surface area contributed by atoms with Gasteiger partial charge >= 0.3 is 0 Å². The highest BCUT2D eigenvalue weighted by Crippen LogP contribution is 2.42. The summed E-state index contributed by atoms with van der Waals surface area (Å²) in [5, 5.41) is 4.19. The van der Waals surface area contributed by atoms with Crippen molar-refractivity contribution in [2.75, 3.05) is 33.6 Å². The lowest BCUT2D eigenvalue weighted by Gasteiger charge is -2.35. The maximum absolute atomic E-state index is 13.6. The van der Waals surface area contributed by atoms with Gasteiger partial charge in [-0.05, 0) is 67.5 Å². The number of nitrogens with one attached hydrogen (secondary N) is 1. The monoisotopic (exact) mass is 529 g/mol. The summed E-state index contributed by atoms with van der Waals surface area (Å²) in [6.07, 6.45) is 3.34. The van der Waals surface area contributed by atoms with Crippen molar-refractivity contribution in [2.24, 2.45) is 0 Å². The molecule has 2 aromatic carbocycles. The second-order valence-corrected chi connectivity index (χ2v) is 10.9. The largest absolute Gasteiger partial charge is 0.497 e. The van der Waals surface area contributed by atoms with Crippen LogP contribution in [0.3, 0.4) is 0 Å². The van der Waals surface area contributed by atoms with Crippen LogP contribution in [0.25, 0.3) is 0 Å². The van der Waals surface area contributed by atoms with Gasteiger partial charge in [0.25, 0.3) is 10.1 Å². The van der Waals surface area contributed by atoms with Gasteiger partial charge in [0.2, 0.25) is 0 Å². The summed E-state index contributed by atoms with van der Waals surface area (Å²) >= 11 is 12.5. The average Bonchev–Trinajstić information content (AvgIpc) is 3.02. The first-order chi connectivity index (χ1) is 16.1. The molecular weight excluding hydrogens is 501 g/mol. The van der Waals surface area contributed by atoms with Gasteiger partial charge in [-0.1, -0.05) is 29.3 Å². The Hall–Kier alpha value is -1.84. The smallest absolute Gasteiger partial charge is 0.264 e. The lowest BCUT2D eigenvalue weighted by molar-refractivity contribution is 0.0919. The van der Waals surface area contributed by atoms with Gasteiger partial charge in [-0.25, -0.2) is 0 Å². The van der Waals surface area contributed by atoms with Gasteiger partial charge in [-0.2, -0.15) is 8.42 Å². The van der Waals surface area contributed by atoms with Crippen molar-refractivity contribution in [2.45, 2.75) is 37.1 Å². The number of rotatable bonds is 9. The van der Waals surface area contributed by atoms with Crippen molar-refractivity contribution in [3.63, 3.8) is 0 Å². The van der Waals surface area contributed by atoms with Crippen LogP contribution in [0, 0.1) is 0 Å². The SMILES string of the molecule is COc1ccc(C(=O)C2CC(CCOS(C)(=O)=O)(c3ccc(Cl)c(Cl)c3)CCCN2)c(OC)c1. The molecule has 2 atom stereocenters. The Morgan fingerprint density at radius 2 is 1.88 bits per heavy atom. The second kappa shape index (κ2) is 11.3. The molecule has 186 valence electrons. The molecular formula is C24H29Cl2NO6S. The third-order valence-corrected chi connectivity index (χ3v) is 7.55. The fraction of sp³-hybridized carbons (Fsp3) is 0.458. The molecule has 1 heterocycles. The molecule has 3 rings (SSSR count). The molecule has 7 nitrogen and oxygen atoms in total. The summed E-state index contributed by atoms with van der Waals surface area (Å²) in [6, 6.07) is 9.97. The fourth-order valence-electron chi connectivity index (χ4n) is 4.49. The highest BCUT2D eigenvalue weighted by Gasteiger charge is 2.39. The Labute approximate surface area is 210 Å². The molecule has 0 aromatic heterocycles. The summed E-state index contributed by atoms with van der Waals surface area (Å²) in [5.74, 6) is 0.899. The molecule has 0 spiro atoms. The first-order valence-corrected chi connectivity index (χ1v) is 13.5. The molecule has 0 bridgehead atoms. The summed E-state index contributed by atoms with van der Waals surface area (Å²) in [6.45, 7) is 0.622. The van der Waals surface area contributed by atoms with E-state index in [2.05, 4.69) is 5.32 Å². The summed E-state index contributed by atoms with van der Waals surface area (Å²) in [4.78, 5) is 13.6. The van der Waals surface area contributed by atoms with E-state index < -0.39 is 21.6 Å². The quantitative estimate of drug-likeness (QED) is 0.373. The van der Waals surface area contributed by atoms with Crippen LogP contribution >= 0.6 is 23.2 Å². The molecule has 1 aliphatic rings. The molecule has 10 heteroatoms. The lowest BCUT2D eigenvalue weighted by atomic mass is 9.70. The number of carbonyl (C=O) groups is 1. The van der Waals surface area contributed by atoms with Crippen molar-refractivity contribution in [3.05, 3.63) is 57.6 Å². The third-order valence-electron chi connectivity index (χ3n) is 6.22. The first kappa shape index (κ1) is 26.8. The van der Waals surface area contributed by atoms with Crippen molar-refractivity contribution in [1.29, 1.82) is 0 Å². The number of Topliss-reactive ketones (excluding diaryl/α,β-unsaturated/α-hetero) is 1. The van der Waals surface area contributed by atoms with E-state index in [1.807, 2.05) is 6.07 Å². The van der Waals surface area contributed by atoms with Crippen LogP contribution in [0.2, 0.25) is 10.0 Å². The third kappa shape index (κ3) is 6.43. The van der Waals surface area contributed by atoms with Gasteiger partial charge in [0, 0.05) is 6.07 Å². The van der Waals surface area contributed by atoms with E-state index in [1.54, 1.807) is 37.4 Å². The minimum atomic E-state index is -3.60. The number of ketones is 1. The summed E-state index contributed by atoms with van der Waals surface area (Å²) in [5.41, 5.74) is 0.781. The molecule has 1 fully saturated rings. The van der Waals surface area contributed by atoms with Gasteiger partial charge in [-0.15, -0.1) is 0 Å². The zero-order chi connectivity index (χ0) is 24.9. The number of benzene rings is 2. The number of carbonyl (C=O) groups excluding carboxylic acids is 1.